The summed E-state index contributed by atoms with van der Waals surface area (Å²) in [6.07, 6.45) is 0. The van der Waals surface area contributed by atoms with Crippen molar-refractivity contribution in [1.82, 2.24) is 4.98 Å². The molecule has 2 aromatic rings. The monoisotopic (exact) mass is 275 g/mol. The normalized spacial score (nSPS) is 10.1. The van der Waals surface area contributed by atoms with Crippen molar-refractivity contribution in [2.75, 3.05) is 12.3 Å². The maximum absolute atomic E-state index is 10.9. The highest BCUT2D eigenvalue weighted by atomic mass is 16.6. The van der Waals surface area contributed by atoms with Crippen molar-refractivity contribution in [2.24, 2.45) is 0 Å². The molecule has 104 valence electrons. The Bertz CT molecular complexity index is 631. The van der Waals surface area contributed by atoms with Crippen LogP contribution in [0.25, 0.3) is 0 Å². The molecule has 1 aromatic carbocycles. The van der Waals surface area contributed by atoms with Crippen molar-refractivity contribution in [3.8, 4) is 17.4 Å². The molecule has 7 nitrogen and oxygen atoms in total. The fourth-order valence-corrected chi connectivity index (χ4v) is 1.57. The Kier molecular flexibility index (Phi) is 3.99. The van der Waals surface area contributed by atoms with Crippen LogP contribution in [0.3, 0.4) is 0 Å². The molecule has 1 heterocycles. The molecule has 0 amide bonds. The lowest BCUT2D eigenvalue weighted by Gasteiger charge is -2.08. The van der Waals surface area contributed by atoms with Gasteiger partial charge in [0, 0.05) is 12.1 Å². The molecule has 20 heavy (non-hydrogen) atoms. The van der Waals surface area contributed by atoms with Crippen molar-refractivity contribution in [3.63, 3.8) is 0 Å². The van der Waals surface area contributed by atoms with E-state index in [1.54, 1.807) is 24.3 Å². The number of hydrogen-bond donors (Lipinski definition) is 1. The summed E-state index contributed by atoms with van der Waals surface area (Å²) in [4.78, 5) is 14.2. The van der Waals surface area contributed by atoms with E-state index in [-0.39, 0.29) is 17.4 Å². The Hall–Kier alpha value is -2.83. The van der Waals surface area contributed by atoms with Crippen LogP contribution < -0.4 is 15.2 Å². The second-order valence-electron chi connectivity index (χ2n) is 3.83. The Balaban J connectivity index is 2.31. The first-order valence-electron chi connectivity index (χ1n) is 5.91. The van der Waals surface area contributed by atoms with Gasteiger partial charge < -0.3 is 15.2 Å². The molecule has 0 spiro atoms. The van der Waals surface area contributed by atoms with Gasteiger partial charge >= 0.3 is 11.6 Å². The van der Waals surface area contributed by atoms with E-state index < -0.39 is 4.92 Å². The molecule has 7 heteroatoms. The lowest BCUT2D eigenvalue weighted by atomic mass is 10.3. The largest absolute Gasteiger partial charge is 0.494 e. The standard InChI is InChI=1S/C13H13N3O4/c1-2-19-9-4-3-5-10(8-9)20-13-11(16(17)18)6-7-12(14)15-13/h3-8H,2H2,1H3,(H2,14,15). The van der Waals surface area contributed by atoms with Gasteiger partial charge in [0.2, 0.25) is 0 Å². The molecule has 0 aliphatic heterocycles. The summed E-state index contributed by atoms with van der Waals surface area (Å²) in [5.41, 5.74) is 5.27. The second kappa shape index (κ2) is 5.87. The third-order valence-corrected chi connectivity index (χ3v) is 2.39. The van der Waals surface area contributed by atoms with Crippen LogP contribution in [0.5, 0.6) is 17.4 Å². The number of ether oxygens (including phenoxy) is 2. The minimum Gasteiger partial charge on any atom is -0.494 e. The average Bonchev–Trinajstić information content (AvgIpc) is 2.39. The number of anilines is 1. The molecule has 0 radical (unpaired) electrons. The van der Waals surface area contributed by atoms with Crippen molar-refractivity contribution in [1.29, 1.82) is 0 Å². The molecule has 0 unspecified atom stereocenters. The Morgan fingerprint density at radius 2 is 2.05 bits per heavy atom. The smallest absolute Gasteiger partial charge is 0.331 e. The second-order valence-corrected chi connectivity index (χ2v) is 3.83. The number of nitrogen functional groups attached to an aromatic ring is 1. The highest BCUT2D eigenvalue weighted by molar-refractivity contribution is 5.49. The van der Waals surface area contributed by atoms with Crippen LogP contribution in [0.15, 0.2) is 36.4 Å². The molecule has 0 fully saturated rings. The lowest BCUT2D eigenvalue weighted by molar-refractivity contribution is -0.386. The first-order valence-corrected chi connectivity index (χ1v) is 5.91. The molecule has 0 aliphatic carbocycles. The van der Waals surface area contributed by atoms with Crippen molar-refractivity contribution in [3.05, 3.63) is 46.5 Å². The Morgan fingerprint density at radius 3 is 2.75 bits per heavy atom. The van der Waals surface area contributed by atoms with Crippen LogP contribution in [-0.4, -0.2) is 16.5 Å². The number of rotatable bonds is 5. The van der Waals surface area contributed by atoms with E-state index in [0.29, 0.717) is 18.1 Å². The van der Waals surface area contributed by atoms with Crippen LogP contribution in [0.1, 0.15) is 6.92 Å². The minimum absolute atomic E-state index is 0.145. The Labute approximate surface area is 115 Å². The van der Waals surface area contributed by atoms with Gasteiger partial charge in [0.25, 0.3) is 0 Å². The van der Waals surface area contributed by atoms with Crippen molar-refractivity contribution >= 4 is 11.5 Å². The number of aromatic nitrogens is 1. The third-order valence-electron chi connectivity index (χ3n) is 2.39. The summed E-state index contributed by atoms with van der Waals surface area (Å²) >= 11 is 0. The topological polar surface area (TPSA) is 101 Å². The van der Waals surface area contributed by atoms with Gasteiger partial charge in [-0.25, -0.2) is 0 Å². The molecular weight excluding hydrogens is 262 g/mol. The fraction of sp³-hybridized carbons (Fsp3) is 0.154. The van der Waals surface area contributed by atoms with Gasteiger partial charge in [-0.15, -0.1) is 0 Å². The molecule has 0 bridgehead atoms. The van der Waals surface area contributed by atoms with E-state index in [2.05, 4.69) is 4.98 Å². The van der Waals surface area contributed by atoms with Crippen LogP contribution in [0.4, 0.5) is 11.5 Å². The average molecular weight is 275 g/mol. The number of hydrogen-bond acceptors (Lipinski definition) is 6. The number of benzene rings is 1. The molecule has 0 saturated carbocycles. The van der Waals surface area contributed by atoms with E-state index in [0.717, 1.165) is 0 Å². The summed E-state index contributed by atoms with van der Waals surface area (Å²) < 4.78 is 10.8. The van der Waals surface area contributed by atoms with Crippen LogP contribution in [0, 0.1) is 10.1 Å². The summed E-state index contributed by atoms with van der Waals surface area (Å²) in [6, 6.07) is 9.36. The van der Waals surface area contributed by atoms with Gasteiger partial charge in [0.05, 0.1) is 11.5 Å². The van der Waals surface area contributed by atoms with Gasteiger partial charge in [-0.3, -0.25) is 10.1 Å². The van der Waals surface area contributed by atoms with Gasteiger partial charge in [-0.2, -0.15) is 4.98 Å². The number of nitrogens with zero attached hydrogens (tertiary/aromatic N) is 2. The fourth-order valence-electron chi connectivity index (χ4n) is 1.57. The SMILES string of the molecule is CCOc1cccc(Oc2nc(N)ccc2[N+](=O)[O-])c1. The molecule has 0 saturated heterocycles. The maximum Gasteiger partial charge on any atom is 0.331 e. The molecule has 2 N–H and O–H groups in total. The molecule has 1 aromatic heterocycles. The quantitative estimate of drug-likeness (QED) is 0.665. The molecule has 2 rings (SSSR count). The van der Waals surface area contributed by atoms with E-state index in [1.165, 1.54) is 12.1 Å². The summed E-state index contributed by atoms with van der Waals surface area (Å²) in [5, 5.41) is 10.9. The van der Waals surface area contributed by atoms with Crippen molar-refractivity contribution in [2.45, 2.75) is 6.92 Å². The zero-order chi connectivity index (χ0) is 14.5. The zero-order valence-electron chi connectivity index (χ0n) is 10.8. The maximum atomic E-state index is 10.9. The van der Waals surface area contributed by atoms with Gasteiger partial charge in [0.1, 0.15) is 17.3 Å². The first-order chi connectivity index (χ1) is 9.60. The van der Waals surface area contributed by atoms with Gasteiger partial charge in [0.15, 0.2) is 0 Å². The first kappa shape index (κ1) is 13.6. The van der Waals surface area contributed by atoms with E-state index in [9.17, 15) is 10.1 Å². The third kappa shape index (κ3) is 3.14. The van der Waals surface area contributed by atoms with Gasteiger partial charge in [-0.1, -0.05) is 6.07 Å². The van der Waals surface area contributed by atoms with Crippen molar-refractivity contribution < 1.29 is 14.4 Å². The number of nitro groups is 1. The van der Waals surface area contributed by atoms with Crippen LogP contribution in [-0.2, 0) is 0 Å². The molecule has 0 atom stereocenters. The molecule has 0 aliphatic rings. The summed E-state index contributed by atoms with van der Waals surface area (Å²) in [5.74, 6) is 0.990. The van der Waals surface area contributed by atoms with Crippen LogP contribution in [0.2, 0.25) is 0 Å². The number of pyridine rings is 1. The predicted octanol–water partition coefficient (Wildman–Crippen LogP) is 2.76. The van der Waals surface area contributed by atoms with Crippen LogP contribution >= 0.6 is 0 Å². The predicted molar refractivity (Wildman–Crippen MR) is 73.0 cm³/mol. The summed E-state index contributed by atoms with van der Waals surface area (Å²) in [7, 11) is 0. The minimum atomic E-state index is -0.575. The summed E-state index contributed by atoms with van der Waals surface area (Å²) in [6.45, 7) is 2.37. The highest BCUT2D eigenvalue weighted by Gasteiger charge is 2.18. The Morgan fingerprint density at radius 1 is 1.30 bits per heavy atom. The van der Waals surface area contributed by atoms with E-state index in [4.69, 9.17) is 15.2 Å². The van der Waals surface area contributed by atoms with E-state index >= 15 is 0 Å². The van der Waals surface area contributed by atoms with E-state index in [1.807, 2.05) is 6.92 Å². The number of nitrogens with two attached hydrogens (primary N) is 1. The zero-order valence-corrected chi connectivity index (χ0v) is 10.8. The van der Waals surface area contributed by atoms with Gasteiger partial charge in [-0.05, 0) is 25.1 Å². The lowest BCUT2D eigenvalue weighted by Crippen LogP contribution is -1.99. The molecular formula is C13H13N3O4. The highest BCUT2D eigenvalue weighted by Crippen LogP contribution is 2.31.